The van der Waals surface area contributed by atoms with E-state index in [0.29, 0.717) is 18.8 Å². The van der Waals surface area contributed by atoms with Gasteiger partial charge < -0.3 is 19.7 Å². The number of fused-ring (bicyclic) bond motifs is 1. The first-order chi connectivity index (χ1) is 15.8. The van der Waals surface area contributed by atoms with E-state index in [1.54, 1.807) is 6.08 Å². The molecule has 1 aliphatic carbocycles. The van der Waals surface area contributed by atoms with Crippen LogP contribution in [-0.4, -0.2) is 40.5 Å². The van der Waals surface area contributed by atoms with Gasteiger partial charge in [0.15, 0.2) is 11.6 Å². The number of rotatable bonds is 9. The van der Waals surface area contributed by atoms with Crippen LogP contribution in [0.2, 0.25) is 0 Å². The Balaban J connectivity index is 1.72. The summed E-state index contributed by atoms with van der Waals surface area (Å²) in [5.74, 6) is -1.95. The smallest absolute Gasteiger partial charge is 0.306 e. The first-order valence-corrected chi connectivity index (χ1v) is 10.6. The van der Waals surface area contributed by atoms with E-state index in [0.717, 1.165) is 23.8 Å². The molecular weight excluding hydrogens is 424 g/mol. The second-order valence-corrected chi connectivity index (χ2v) is 7.91. The molecule has 33 heavy (non-hydrogen) atoms. The molecule has 7 nitrogen and oxygen atoms in total. The predicted molar refractivity (Wildman–Crippen MR) is 122 cm³/mol. The molecule has 0 amide bonds. The second kappa shape index (κ2) is 10.6. The summed E-state index contributed by atoms with van der Waals surface area (Å²) in [4.78, 5) is 38.2. The van der Waals surface area contributed by atoms with Gasteiger partial charge in [0.25, 0.3) is 0 Å². The van der Waals surface area contributed by atoms with E-state index in [9.17, 15) is 24.6 Å². The average molecular weight is 450 g/mol. The SMILES string of the molecule is CC(C)=CC[C@@H](OC(=O)CCCOc1ccccc1)C1=CC(=O)c2c(O)ccc(O)c2C1=O. The molecule has 0 aromatic heterocycles. The molecule has 0 aliphatic heterocycles. The minimum absolute atomic E-state index is 0.0419. The molecule has 1 aliphatic rings. The van der Waals surface area contributed by atoms with Gasteiger partial charge in [-0.3, -0.25) is 14.4 Å². The molecule has 0 saturated carbocycles. The van der Waals surface area contributed by atoms with E-state index in [2.05, 4.69) is 0 Å². The number of allylic oxidation sites excluding steroid dienone is 2. The lowest BCUT2D eigenvalue weighted by molar-refractivity contribution is -0.147. The van der Waals surface area contributed by atoms with Crippen molar-refractivity contribution >= 4 is 17.5 Å². The fourth-order valence-corrected chi connectivity index (χ4v) is 3.44. The Kier molecular flexibility index (Phi) is 7.66. The molecule has 0 unspecified atom stereocenters. The van der Waals surface area contributed by atoms with E-state index in [4.69, 9.17) is 9.47 Å². The van der Waals surface area contributed by atoms with Crippen molar-refractivity contribution in [2.45, 2.75) is 39.2 Å². The molecule has 2 aromatic carbocycles. The number of carbonyl (C=O) groups excluding carboxylic acids is 3. The van der Waals surface area contributed by atoms with Crippen LogP contribution in [0.3, 0.4) is 0 Å². The minimum Gasteiger partial charge on any atom is -0.507 e. The zero-order valence-electron chi connectivity index (χ0n) is 18.5. The van der Waals surface area contributed by atoms with Gasteiger partial charge >= 0.3 is 5.97 Å². The van der Waals surface area contributed by atoms with Crippen molar-refractivity contribution in [1.29, 1.82) is 0 Å². The van der Waals surface area contributed by atoms with Crippen LogP contribution in [0.25, 0.3) is 0 Å². The first-order valence-electron chi connectivity index (χ1n) is 10.6. The van der Waals surface area contributed by atoms with Crippen LogP contribution >= 0.6 is 0 Å². The van der Waals surface area contributed by atoms with Gasteiger partial charge in [0, 0.05) is 18.4 Å². The van der Waals surface area contributed by atoms with Crippen molar-refractivity contribution in [2.75, 3.05) is 6.61 Å². The summed E-state index contributed by atoms with van der Waals surface area (Å²) in [6.07, 6.45) is 2.53. The van der Waals surface area contributed by atoms with Gasteiger partial charge in [-0.25, -0.2) is 0 Å². The normalized spacial score (nSPS) is 13.6. The largest absolute Gasteiger partial charge is 0.507 e. The van der Waals surface area contributed by atoms with Crippen LogP contribution in [0, 0.1) is 0 Å². The van der Waals surface area contributed by atoms with E-state index in [-0.39, 0.29) is 29.5 Å². The van der Waals surface area contributed by atoms with Gasteiger partial charge in [0.1, 0.15) is 23.4 Å². The van der Waals surface area contributed by atoms with Crippen molar-refractivity contribution in [1.82, 2.24) is 0 Å². The second-order valence-electron chi connectivity index (χ2n) is 7.91. The summed E-state index contributed by atoms with van der Waals surface area (Å²) in [5.41, 5.74) is 0.365. The molecular formula is C26H26O7. The molecule has 172 valence electrons. The molecule has 0 spiro atoms. The standard InChI is InChI=1S/C26H26O7/c1-16(2)10-13-22(33-23(30)9-6-14-32-17-7-4-3-5-8-17)18-15-21(29)24-19(27)11-12-20(28)25(24)26(18)31/h3-5,7-8,10-12,15,22,27-28H,6,9,13-14H2,1-2H3/t22-/m1/s1. The first kappa shape index (κ1) is 23.8. The third-order valence-electron chi connectivity index (χ3n) is 5.08. The zero-order valence-corrected chi connectivity index (χ0v) is 18.5. The van der Waals surface area contributed by atoms with Gasteiger partial charge in [-0.05, 0) is 50.6 Å². The summed E-state index contributed by atoms with van der Waals surface area (Å²) in [6, 6.07) is 11.5. The molecule has 1 atom stereocenters. The third kappa shape index (κ3) is 5.88. The van der Waals surface area contributed by atoms with Crippen LogP contribution < -0.4 is 4.74 Å². The molecule has 0 bridgehead atoms. The van der Waals surface area contributed by atoms with Crippen LogP contribution in [0.5, 0.6) is 17.2 Å². The lowest BCUT2D eigenvalue weighted by atomic mass is 9.85. The summed E-state index contributed by atoms with van der Waals surface area (Å²) in [5, 5.41) is 20.2. The Hall–Kier alpha value is -3.87. The maximum Gasteiger partial charge on any atom is 0.306 e. The van der Waals surface area contributed by atoms with Crippen molar-refractivity contribution in [3.63, 3.8) is 0 Å². The van der Waals surface area contributed by atoms with Gasteiger partial charge in [-0.15, -0.1) is 0 Å². The van der Waals surface area contributed by atoms with Crippen LogP contribution in [0.4, 0.5) is 0 Å². The fourth-order valence-electron chi connectivity index (χ4n) is 3.44. The maximum absolute atomic E-state index is 13.1. The van der Waals surface area contributed by atoms with Crippen LogP contribution in [0.1, 0.15) is 53.8 Å². The van der Waals surface area contributed by atoms with E-state index < -0.39 is 35.1 Å². The molecule has 0 saturated heterocycles. The van der Waals surface area contributed by atoms with Crippen molar-refractivity contribution < 1.29 is 34.1 Å². The van der Waals surface area contributed by atoms with Gasteiger partial charge in [-0.2, -0.15) is 0 Å². The topological polar surface area (TPSA) is 110 Å². The number of esters is 1. The predicted octanol–water partition coefficient (Wildman–Crippen LogP) is 4.53. The van der Waals surface area contributed by atoms with Crippen LogP contribution in [-0.2, 0) is 9.53 Å². The summed E-state index contributed by atoms with van der Waals surface area (Å²) in [6.45, 7) is 4.04. The quantitative estimate of drug-likeness (QED) is 0.250. The Morgan fingerprint density at radius 3 is 2.33 bits per heavy atom. The van der Waals surface area contributed by atoms with E-state index in [1.807, 2.05) is 44.2 Å². The number of ether oxygens (including phenoxy) is 2. The molecule has 7 heteroatoms. The highest BCUT2D eigenvalue weighted by Gasteiger charge is 2.35. The fraction of sp³-hybridized carbons (Fsp3) is 0.269. The Morgan fingerprint density at radius 1 is 1.00 bits per heavy atom. The van der Waals surface area contributed by atoms with Crippen molar-refractivity contribution in [2.24, 2.45) is 0 Å². The molecule has 0 fully saturated rings. The monoisotopic (exact) mass is 450 g/mol. The molecule has 2 N–H and O–H groups in total. The lowest BCUT2D eigenvalue weighted by Gasteiger charge is -2.23. The Morgan fingerprint density at radius 2 is 1.67 bits per heavy atom. The van der Waals surface area contributed by atoms with Gasteiger partial charge in [0.2, 0.25) is 0 Å². The molecule has 3 rings (SSSR count). The molecule has 2 aromatic rings. The van der Waals surface area contributed by atoms with Gasteiger partial charge in [0.05, 0.1) is 17.7 Å². The number of hydrogen-bond donors (Lipinski definition) is 2. The number of Topliss-reactive ketones (excluding diaryl/α,β-unsaturated/α-hetero) is 1. The van der Waals surface area contributed by atoms with Crippen molar-refractivity contribution in [3.8, 4) is 17.2 Å². The Bertz CT molecular complexity index is 1110. The van der Waals surface area contributed by atoms with Crippen molar-refractivity contribution in [3.05, 3.63) is 76.9 Å². The zero-order chi connectivity index (χ0) is 24.0. The highest BCUT2D eigenvalue weighted by molar-refractivity contribution is 6.27. The number of aromatic hydroxyl groups is 2. The highest BCUT2D eigenvalue weighted by atomic mass is 16.5. The number of phenols is 2. The number of para-hydroxylation sites is 1. The van der Waals surface area contributed by atoms with Gasteiger partial charge in [-0.1, -0.05) is 29.8 Å². The van der Waals surface area contributed by atoms with Crippen LogP contribution in [0.15, 0.2) is 65.8 Å². The average Bonchev–Trinajstić information content (AvgIpc) is 2.79. The maximum atomic E-state index is 13.1. The summed E-state index contributed by atoms with van der Waals surface area (Å²) in [7, 11) is 0. The summed E-state index contributed by atoms with van der Waals surface area (Å²) >= 11 is 0. The highest BCUT2D eigenvalue weighted by Crippen LogP contribution is 2.36. The number of phenolic OH excluding ortho intramolecular Hbond substituents is 2. The number of hydrogen-bond acceptors (Lipinski definition) is 7. The number of carbonyl (C=O) groups is 3. The molecule has 0 heterocycles. The minimum atomic E-state index is -1.01. The Labute approximate surface area is 192 Å². The lowest BCUT2D eigenvalue weighted by Crippen LogP contribution is -2.29. The number of ketones is 2. The number of benzene rings is 2. The van der Waals surface area contributed by atoms with E-state index >= 15 is 0 Å². The summed E-state index contributed by atoms with van der Waals surface area (Å²) < 4.78 is 11.1. The third-order valence-corrected chi connectivity index (χ3v) is 5.08. The molecule has 0 radical (unpaired) electrons. The van der Waals surface area contributed by atoms with E-state index in [1.165, 1.54) is 0 Å².